The highest BCUT2D eigenvalue weighted by molar-refractivity contribution is 6.07. The van der Waals surface area contributed by atoms with Crippen molar-refractivity contribution in [1.82, 2.24) is 39.5 Å². The molecular weight excluding hydrogens is 568 g/mol. The van der Waals surface area contributed by atoms with E-state index in [1.165, 1.54) is 0 Å². The molecule has 0 saturated carbocycles. The highest BCUT2D eigenvalue weighted by atomic mass is 15.1. The summed E-state index contributed by atoms with van der Waals surface area (Å²) in [7, 11) is 0. The van der Waals surface area contributed by atoms with Crippen molar-refractivity contribution in [3.8, 4) is 51.2 Å². The molecule has 46 heavy (non-hydrogen) atoms. The predicted octanol–water partition coefficient (Wildman–Crippen LogP) is 8.33. The van der Waals surface area contributed by atoms with Gasteiger partial charge in [-0.2, -0.15) is 0 Å². The topological polar surface area (TPSA) is 98.1 Å². The third kappa shape index (κ3) is 3.61. The Balaban J connectivity index is 1.47. The quantitative estimate of drug-likeness (QED) is 0.206. The van der Waals surface area contributed by atoms with Crippen molar-refractivity contribution in [2.75, 3.05) is 0 Å². The zero-order valence-corrected chi connectivity index (χ0v) is 24.3. The monoisotopic (exact) mass is 590 g/mol. The van der Waals surface area contributed by atoms with Crippen molar-refractivity contribution < 1.29 is 0 Å². The molecule has 5 aromatic carbocycles. The van der Waals surface area contributed by atoms with Crippen molar-refractivity contribution in [3.63, 3.8) is 0 Å². The maximum atomic E-state index is 5.31. The average molecular weight is 591 g/mol. The number of aromatic nitrogens is 8. The van der Waals surface area contributed by atoms with Gasteiger partial charge in [0.1, 0.15) is 22.6 Å². The zero-order chi connectivity index (χ0) is 30.2. The summed E-state index contributed by atoms with van der Waals surface area (Å²) in [6.45, 7) is 0. The van der Waals surface area contributed by atoms with Crippen molar-refractivity contribution in [2.45, 2.75) is 0 Å². The van der Waals surface area contributed by atoms with Crippen LogP contribution in [0.15, 0.2) is 127 Å². The summed E-state index contributed by atoms with van der Waals surface area (Å²) >= 11 is 0. The average Bonchev–Trinajstić information content (AvgIpc) is 3.83. The normalized spacial score (nSPS) is 11.9. The molecule has 3 aromatic heterocycles. The van der Waals surface area contributed by atoms with Crippen LogP contribution in [0.1, 0.15) is 0 Å². The van der Waals surface area contributed by atoms with E-state index < -0.39 is 0 Å². The number of nitrogens with zero attached hydrogens (tertiary/aromatic N) is 7. The smallest absolute Gasteiger partial charge is 0.164 e. The van der Waals surface area contributed by atoms with E-state index in [1.807, 2.05) is 103 Å². The Hall–Kier alpha value is -6.54. The fraction of sp³-hybridized carbons (Fsp3) is 0. The van der Waals surface area contributed by atoms with Crippen molar-refractivity contribution in [3.05, 3.63) is 127 Å². The lowest BCUT2D eigenvalue weighted by Crippen LogP contribution is -1.97. The first-order valence-corrected chi connectivity index (χ1v) is 15.1. The van der Waals surface area contributed by atoms with Gasteiger partial charge in [-0.15, -0.1) is 0 Å². The molecule has 0 aliphatic carbocycles. The van der Waals surface area contributed by atoms with E-state index in [2.05, 4.69) is 33.8 Å². The van der Waals surface area contributed by atoms with E-state index in [0.717, 1.165) is 60.8 Å². The van der Waals surface area contributed by atoms with Gasteiger partial charge in [-0.1, -0.05) is 115 Å². The van der Waals surface area contributed by atoms with Crippen LogP contribution in [0.25, 0.3) is 95.4 Å². The van der Waals surface area contributed by atoms with Crippen molar-refractivity contribution in [1.29, 1.82) is 0 Å². The highest BCUT2D eigenvalue weighted by Gasteiger charge is 2.23. The number of nitrogens with one attached hydrogen (secondary N) is 1. The molecule has 8 aromatic rings. The Morgan fingerprint density at radius 1 is 0.348 bits per heavy atom. The summed E-state index contributed by atoms with van der Waals surface area (Å²) in [5, 5.41) is 3.82. The number of aromatic amines is 1. The summed E-state index contributed by atoms with van der Waals surface area (Å²) < 4.78 is 2.10. The molecule has 0 spiro atoms. The summed E-state index contributed by atoms with van der Waals surface area (Å²) in [6.07, 6.45) is 0. The minimum atomic E-state index is 0.589. The van der Waals surface area contributed by atoms with Gasteiger partial charge in [0.2, 0.25) is 0 Å². The molecule has 2 aliphatic heterocycles. The second kappa shape index (κ2) is 9.48. The molecule has 0 amide bonds. The van der Waals surface area contributed by atoms with Gasteiger partial charge in [0.25, 0.3) is 0 Å². The first-order valence-electron chi connectivity index (χ1n) is 15.1. The molecule has 0 atom stereocenters. The fourth-order valence-corrected chi connectivity index (χ4v) is 6.52. The molecular formula is C38H22N8. The third-order valence-electron chi connectivity index (χ3n) is 8.62. The standard InChI is InChI=1S/C38H22N8/c1-2-12-22(13-3-1)46-37-29-20-10-11-21-30(29)38(46)45-36-28-19-9-7-17-26(28)34(43-36)41-32-24-15-5-4-14-23(24)31(39-32)40-33-25-16-6-8-18-27(25)35(42-33)44-37/h1-21H,(H,39,40,41,42,43,44,45). The number of H-pyrrole nitrogens is 1. The van der Waals surface area contributed by atoms with Gasteiger partial charge in [-0.25, -0.2) is 29.9 Å². The van der Waals surface area contributed by atoms with E-state index in [-0.39, 0.29) is 0 Å². The second-order valence-corrected chi connectivity index (χ2v) is 11.3. The predicted molar refractivity (Wildman–Crippen MR) is 181 cm³/mol. The molecule has 1 N–H and O–H groups in total. The van der Waals surface area contributed by atoms with E-state index in [9.17, 15) is 0 Å². The number of benzene rings is 5. The minimum absolute atomic E-state index is 0.589. The third-order valence-corrected chi connectivity index (χ3v) is 8.62. The lowest BCUT2D eigenvalue weighted by molar-refractivity contribution is 1.09. The van der Waals surface area contributed by atoms with Gasteiger partial charge >= 0.3 is 0 Å². The number of fused-ring (bicyclic) bond motifs is 20. The molecule has 8 nitrogen and oxygen atoms in total. The maximum absolute atomic E-state index is 5.31. The number of rotatable bonds is 1. The molecule has 0 radical (unpaired) electrons. The minimum Gasteiger partial charge on any atom is -0.324 e. The van der Waals surface area contributed by atoms with Crippen molar-refractivity contribution in [2.24, 2.45) is 0 Å². The van der Waals surface area contributed by atoms with Gasteiger partial charge in [0, 0.05) is 49.5 Å². The molecule has 2 aliphatic rings. The van der Waals surface area contributed by atoms with Crippen LogP contribution in [0.3, 0.4) is 0 Å². The van der Waals surface area contributed by atoms with Crippen molar-refractivity contribution >= 4 is 44.1 Å². The Kier molecular flexibility index (Phi) is 5.12. The second-order valence-electron chi connectivity index (χ2n) is 11.3. The lowest BCUT2D eigenvalue weighted by atomic mass is 10.1. The number of para-hydroxylation sites is 1. The fourth-order valence-electron chi connectivity index (χ4n) is 6.52. The van der Waals surface area contributed by atoms with Gasteiger partial charge in [-0.05, 0) is 12.1 Å². The van der Waals surface area contributed by atoms with Gasteiger partial charge in [0.15, 0.2) is 23.3 Å². The van der Waals surface area contributed by atoms with Crippen LogP contribution in [0, 0.1) is 0 Å². The largest absolute Gasteiger partial charge is 0.324 e. The maximum Gasteiger partial charge on any atom is 0.164 e. The summed E-state index contributed by atoms with van der Waals surface area (Å²) in [6, 6.07) is 42.7. The number of hydrogen-bond donors (Lipinski definition) is 1. The van der Waals surface area contributed by atoms with E-state index in [4.69, 9.17) is 29.9 Å². The Bertz CT molecular complexity index is 2540. The molecule has 0 saturated heterocycles. The van der Waals surface area contributed by atoms with Gasteiger partial charge in [-0.3, -0.25) is 4.57 Å². The van der Waals surface area contributed by atoms with Crippen LogP contribution in [-0.4, -0.2) is 39.5 Å². The van der Waals surface area contributed by atoms with Gasteiger partial charge in [0.05, 0.1) is 0 Å². The Morgan fingerprint density at radius 3 is 1.17 bits per heavy atom. The van der Waals surface area contributed by atoms with E-state index >= 15 is 0 Å². The van der Waals surface area contributed by atoms with E-state index in [1.54, 1.807) is 0 Å². The molecule has 5 heterocycles. The summed E-state index contributed by atoms with van der Waals surface area (Å²) in [4.78, 5) is 34.4. The van der Waals surface area contributed by atoms with Crippen LogP contribution < -0.4 is 0 Å². The highest BCUT2D eigenvalue weighted by Crippen LogP contribution is 2.38. The lowest BCUT2D eigenvalue weighted by Gasteiger charge is -2.05. The van der Waals surface area contributed by atoms with Crippen LogP contribution in [-0.2, 0) is 0 Å². The Morgan fingerprint density at radius 2 is 0.717 bits per heavy atom. The van der Waals surface area contributed by atoms with Crippen LogP contribution in [0.2, 0.25) is 0 Å². The van der Waals surface area contributed by atoms with Gasteiger partial charge < -0.3 is 4.98 Å². The summed E-state index contributed by atoms with van der Waals surface area (Å²) in [5.74, 6) is 2.36. The summed E-state index contributed by atoms with van der Waals surface area (Å²) in [5.41, 5.74) is 7.43. The van der Waals surface area contributed by atoms with Crippen LogP contribution >= 0.6 is 0 Å². The van der Waals surface area contributed by atoms with Crippen LogP contribution in [0.5, 0.6) is 0 Å². The van der Waals surface area contributed by atoms with Crippen LogP contribution in [0.4, 0.5) is 0 Å². The molecule has 8 heteroatoms. The van der Waals surface area contributed by atoms with E-state index in [0.29, 0.717) is 34.6 Å². The molecule has 214 valence electrons. The Labute approximate surface area is 261 Å². The molecule has 0 unspecified atom stereocenters. The number of hydrogen-bond acceptors (Lipinski definition) is 6. The SMILES string of the molecule is c1ccc(-n2c3nc4nc(nc5[nH]c(nc6nc(nc2c2ccccc23)-c2ccccc2-6)c2ccccc52)-c2ccccc2-4)cc1. The molecule has 10 rings (SSSR count). The zero-order valence-electron chi connectivity index (χ0n) is 24.3. The molecule has 8 bridgehead atoms. The first-order chi connectivity index (χ1) is 22.8. The first kappa shape index (κ1) is 24.9. The molecule has 0 fully saturated rings.